The van der Waals surface area contributed by atoms with E-state index in [1.54, 1.807) is 0 Å². The van der Waals surface area contributed by atoms with Crippen LogP contribution in [-0.4, -0.2) is 89.4 Å². The zero-order valence-electron chi connectivity index (χ0n) is 13.1. The van der Waals surface area contributed by atoms with Gasteiger partial charge < -0.3 is 40.0 Å². The summed E-state index contributed by atoms with van der Waals surface area (Å²) in [5.41, 5.74) is 0. The van der Waals surface area contributed by atoms with E-state index < -0.39 is 54.7 Å². The van der Waals surface area contributed by atoms with Gasteiger partial charge in [-0.1, -0.05) is 0 Å². The zero-order valence-corrected chi connectivity index (χ0v) is 13.1. The maximum atomic E-state index is 11.5. The molecule has 1 aliphatic heterocycles. The predicted octanol–water partition coefficient (Wildman–Crippen LogP) is -2.56. The van der Waals surface area contributed by atoms with Crippen molar-refractivity contribution in [1.29, 1.82) is 0 Å². The van der Waals surface area contributed by atoms with E-state index >= 15 is 0 Å². The van der Waals surface area contributed by atoms with Crippen molar-refractivity contribution in [2.75, 3.05) is 20.8 Å². The van der Waals surface area contributed by atoms with Gasteiger partial charge in [-0.05, 0) is 0 Å². The average Bonchev–Trinajstić information content (AvgIpc) is 2.52. The second-order valence-electron chi connectivity index (χ2n) is 5.29. The Morgan fingerprint density at radius 3 is 2.39 bits per heavy atom. The van der Waals surface area contributed by atoms with Crippen LogP contribution in [0, 0.1) is 0 Å². The number of aliphatic hydroxyl groups excluding tert-OH is 3. The van der Waals surface area contributed by atoms with Crippen LogP contribution >= 0.6 is 0 Å². The van der Waals surface area contributed by atoms with Crippen molar-refractivity contribution >= 4 is 11.9 Å². The van der Waals surface area contributed by atoms with Crippen LogP contribution in [0.5, 0.6) is 0 Å². The second kappa shape index (κ2) is 7.99. The molecule has 23 heavy (non-hydrogen) atoms. The van der Waals surface area contributed by atoms with Crippen LogP contribution in [0.25, 0.3) is 0 Å². The third-order valence-electron chi connectivity index (χ3n) is 3.80. The number of aliphatic hydroxyl groups is 3. The van der Waals surface area contributed by atoms with Crippen LogP contribution in [0.4, 0.5) is 0 Å². The molecule has 10 heteroatoms. The van der Waals surface area contributed by atoms with E-state index in [0.717, 1.165) is 7.11 Å². The van der Waals surface area contributed by atoms with Gasteiger partial charge in [-0.25, -0.2) is 4.79 Å². The fraction of sp³-hybridized carbons (Fsp3) is 0.846. The molecule has 1 fully saturated rings. The first-order valence-corrected chi connectivity index (χ1v) is 6.95. The molecule has 0 aromatic rings. The van der Waals surface area contributed by atoms with Gasteiger partial charge in [0.1, 0.15) is 18.3 Å². The molecule has 1 rings (SSSR count). The number of carbonyl (C=O) groups is 2. The number of hydrogen-bond acceptors (Lipinski definition) is 8. The van der Waals surface area contributed by atoms with Crippen molar-refractivity contribution in [1.82, 2.24) is 5.32 Å². The lowest BCUT2D eigenvalue weighted by Gasteiger charge is -2.47. The van der Waals surface area contributed by atoms with Crippen LogP contribution in [-0.2, 0) is 23.8 Å². The molecule has 6 atom stereocenters. The molecule has 134 valence electrons. The van der Waals surface area contributed by atoms with E-state index in [1.165, 1.54) is 14.0 Å². The number of rotatable bonds is 7. The Labute approximate surface area is 133 Å². The number of methoxy groups -OCH3 is 2. The summed E-state index contributed by atoms with van der Waals surface area (Å²) < 4.78 is 15.5. The second-order valence-corrected chi connectivity index (χ2v) is 5.29. The molecule has 0 saturated carbocycles. The first-order valence-electron chi connectivity index (χ1n) is 6.95. The van der Waals surface area contributed by atoms with Crippen molar-refractivity contribution < 1.29 is 44.2 Å². The van der Waals surface area contributed by atoms with E-state index in [2.05, 4.69) is 5.32 Å². The van der Waals surface area contributed by atoms with Crippen molar-refractivity contribution in [3.63, 3.8) is 0 Å². The lowest BCUT2D eigenvalue weighted by atomic mass is 9.88. The number of carboxylic acids is 1. The standard InChI is InChI=1S/C13H23NO9/c1-6(16)14-9-8(21-2)4-13(22-3,12(19)20)23-11(9)10(18)7(17)5-15/h7-11,15,17-18H,4-5H2,1-3H3,(H,14,16)(H,19,20)/t7-,8?,9-,10-,11?,13-/m1/s1. The summed E-state index contributed by atoms with van der Waals surface area (Å²) in [7, 11) is 2.42. The van der Waals surface area contributed by atoms with E-state index in [1.807, 2.05) is 0 Å². The normalized spacial score (nSPS) is 33.7. The summed E-state index contributed by atoms with van der Waals surface area (Å²) in [6, 6.07) is -0.948. The molecule has 1 heterocycles. The van der Waals surface area contributed by atoms with Crippen molar-refractivity contribution in [3.05, 3.63) is 0 Å². The quantitative estimate of drug-likeness (QED) is 0.337. The van der Waals surface area contributed by atoms with E-state index in [4.69, 9.17) is 19.3 Å². The lowest BCUT2D eigenvalue weighted by Crippen LogP contribution is -2.68. The van der Waals surface area contributed by atoms with Gasteiger partial charge in [0, 0.05) is 27.6 Å². The Kier molecular flexibility index (Phi) is 6.86. The number of nitrogens with one attached hydrogen (secondary N) is 1. The number of hydrogen-bond donors (Lipinski definition) is 5. The fourth-order valence-corrected chi connectivity index (χ4v) is 2.55. The number of ether oxygens (including phenoxy) is 3. The van der Waals surface area contributed by atoms with Gasteiger partial charge in [0.25, 0.3) is 5.79 Å². The minimum absolute atomic E-state index is 0.251. The average molecular weight is 337 g/mol. The van der Waals surface area contributed by atoms with E-state index in [0.29, 0.717) is 0 Å². The summed E-state index contributed by atoms with van der Waals surface area (Å²) >= 11 is 0. The highest BCUT2D eigenvalue weighted by Crippen LogP contribution is 2.34. The van der Waals surface area contributed by atoms with Gasteiger partial charge in [-0.2, -0.15) is 0 Å². The van der Waals surface area contributed by atoms with Crippen LogP contribution in [0.15, 0.2) is 0 Å². The molecule has 1 amide bonds. The largest absolute Gasteiger partial charge is 0.477 e. The number of amides is 1. The van der Waals surface area contributed by atoms with Crippen LogP contribution in [0.2, 0.25) is 0 Å². The maximum absolute atomic E-state index is 11.5. The summed E-state index contributed by atoms with van der Waals surface area (Å²) in [5, 5.41) is 40.7. The van der Waals surface area contributed by atoms with Crippen LogP contribution in [0.1, 0.15) is 13.3 Å². The minimum Gasteiger partial charge on any atom is -0.477 e. The third-order valence-corrected chi connectivity index (χ3v) is 3.80. The molecule has 1 saturated heterocycles. The number of carbonyl (C=O) groups excluding carboxylic acids is 1. The smallest absolute Gasteiger partial charge is 0.364 e. The predicted molar refractivity (Wildman–Crippen MR) is 74.4 cm³/mol. The highest BCUT2D eigenvalue weighted by atomic mass is 16.7. The number of aliphatic carboxylic acids is 1. The monoisotopic (exact) mass is 337 g/mol. The number of carboxylic acid groups (broad SMARTS) is 1. The lowest BCUT2D eigenvalue weighted by molar-refractivity contribution is -0.305. The Bertz CT molecular complexity index is 432. The fourth-order valence-electron chi connectivity index (χ4n) is 2.55. The third kappa shape index (κ3) is 4.16. The molecule has 2 unspecified atom stereocenters. The molecule has 0 aliphatic carbocycles. The highest BCUT2D eigenvalue weighted by Gasteiger charge is 2.55. The summed E-state index contributed by atoms with van der Waals surface area (Å²) in [4.78, 5) is 22.9. The summed E-state index contributed by atoms with van der Waals surface area (Å²) in [5.74, 6) is -4.02. The van der Waals surface area contributed by atoms with Gasteiger partial charge in [0.05, 0.1) is 18.8 Å². The molecule has 0 spiro atoms. The van der Waals surface area contributed by atoms with Crippen molar-refractivity contribution in [2.24, 2.45) is 0 Å². The van der Waals surface area contributed by atoms with Gasteiger partial charge in [-0.3, -0.25) is 4.79 Å². The molecular formula is C13H23NO9. The van der Waals surface area contributed by atoms with E-state index in [-0.39, 0.29) is 6.42 Å². The van der Waals surface area contributed by atoms with Crippen LogP contribution in [0.3, 0.4) is 0 Å². The topological polar surface area (TPSA) is 155 Å². The molecule has 0 aromatic carbocycles. The van der Waals surface area contributed by atoms with Crippen molar-refractivity contribution in [3.8, 4) is 0 Å². The molecular weight excluding hydrogens is 314 g/mol. The van der Waals surface area contributed by atoms with Crippen molar-refractivity contribution in [2.45, 2.75) is 49.6 Å². The van der Waals surface area contributed by atoms with Crippen LogP contribution < -0.4 is 5.32 Å². The SMILES string of the molecule is COC1C[C@](OC)(C(=O)O)OC([C@H](O)[C@H](O)CO)[C@@H]1NC(C)=O. The van der Waals surface area contributed by atoms with Gasteiger partial charge >= 0.3 is 5.97 Å². The molecule has 0 bridgehead atoms. The first kappa shape index (κ1) is 19.7. The molecule has 0 radical (unpaired) electrons. The zero-order chi connectivity index (χ0) is 17.8. The Morgan fingerprint density at radius 1 is 1.39 bits per heavy atom. The highest BCUT2D eigenvalue weighted by molar-refractivity contribution is 5.76. The van der Waals surface area contributed by atoms with E-state index in [9.17, 15) is 24.9 Å². The minimum atomic E-state index is -2.11. The maximum Gasteiger partial charge on any atom is 0.364 e. The summed E-state index contributed by atoms with van der Waals surface area (Å²) in [6.07, 6.45) is -5.78. The molecule has 1 aliphatic rings. The molecule has 10 nitrogen and oxygen atoms in total. The van der Waals surface area contributed by atoms with Gasteiger partial charge in [0.15, 0.2) is 0 Å². The molecule has 0 aromatic heterocycles. The van der Waals surface area contributed by atoms with Gasteiger partial charge in [0.2, 0.25) is 5.91 Å². The Balaban J connectivity index is 3.22. The summed E-state index contributed by atoms with van der Waals surface area (Å²) in [6.45, 7) is 0.451. The Morgan fingerprint density at radius 2 is 2.00 bits per heavy atom. The van der Waals surface area contributed by atoms with Gasteiger partial charge in [-0.15, -0.1) is 0 Å². The molecule has 5 N–H and O–H groups in total. The first-order chi connectivity index (χ1) is 10.7. The Hall–Kier alpha value is -1.30.